The Morgan fingerprint density at radius 3 is 3.14 bits per heavy atom. The number of aliphatic hydroxyl groups is 1. The normalized spacial score (nSPS) is 19.9. The molecule has 3 rings (SSSR count). The Bertz CT molecular complexity index is 612. The maximum atomic E-state index is 12.6. The molecule has 0 aliphatic carbocycles. The van der Waals surface area contributed by atoms with Gasteiger partial charge in [-0.2, -0.15) is 0 Å². The molecule has 1 aliphatic rings. The highest BCUT2D eigenvalue weighted by atomic mass is 32.1. The minimum atomic E-state index is -0.496. The first-order valence-corrected chi connectivity index (χ1v) is 8.63. The largest absolute Gasteiger partial charge is 0.387 e. The first kappa shape index (κ1) is 14.6. The molecule has 0 spiro atoms. The Hall–Kier alpha value is -1.31. The molecule has 21 heavy (non-hydrogen) atoms. The molecule has 112 valence electrons. The molecule has 0 saturated carbocycles. The zero-order chi connectivity index (χ0) is 14.8. The minimum Gasteiger partial charge on any atom is -0.387 e. The molecule has 2 aromatic rings. The molecule has 1 N–H and O–H groups in total. The van der Waals surface area contributed by atoms with Crippen LogP contribution in [0.15, 0.2) is 17.5 Å². The van der Waals surface area contributed by atoms with Crippen LogP contribution < -0.4 is 0 Å². The molecule has 2 atom stereocenters. The summed E-state index contributed by atoms with van der Waals surface area (Å²) in [5.74, 6) is 0.00313. The van der Waals surface area contributed by atoms with E-state index in [4.69, 9.17) is 0 Å². The van der Waals surface area contributed by atoms with Gasteiger partial charge < -0.3 is 10.0 Å². The molecule has 0 bridgehead atoms. The molecule has 3 heterocycles. The molecular weight excluding hydrogens is 306 g/mol. The van der Waals surface area contributed by atoms with Crippen molar-refractivity contribution in [1.29, 1.82) is 0 Å². The lowest BCUT2D eigenvalue weighted by Crippen LogP contribution is -2.36. The van der Waals surface area contributed by atoms with Crippen LogP contribution in [-0.2, 0) is 0 Å². The van der Waals surface area contributed by atoms with Gasteiger partial charge in [0.1, 0.15) is 4.88 Å². The molecule has 2 unspecified atom stereocenters. The zero-order valence-corrected chi connectivity index (χ0v) is 13.4. The fourth-order valence-corrected chi connectivity index (χ4v) is 4.10. The molecule has 7 heteroatoms. The molecule has 1 saturated heterocycles. The lowest BCUT2D eigenvalue weighted by atomic mass is 10.1. The lowest BCUT2D eigenvalue weighted by Gasteiger charge is -2.25. The summed E-state index contributed by atoms with van der Waals surface area (Å²) in [4.78, 5) is 16.0. The maximum Gasteiger partial charge on any atom is 0.267 e. The van der Waals surface area contributed by atoms with Crippen molar-refractivity contribution >= 4 is 28.8 Å². The Morgan fingerprint density at radius 2 is 2.48 bits per heavy atom. The minimum absolute atomic E-state index is 0.00313. The van der Waals surface area contributed by atoms with Crippen LogP contribution in [0.5, 0.6) is 0 Å². The van der Waals surface area contributed by atoms with E-state index in [1.54, 1.807) is 11.3 Å². The van der Waals surface area contributed by atoms with Crippen LogP contribution in [0.3, 0.4) is 0 Å². The van der Waals surface area contributed by atoms with Crippen molar-refractivity contribution in [1.82, 2.24) is 14.5 Å². The SMILES string of the molecule is Cc1nnsc1C(=O)N1CCCC1CC(O)c1cccs1. The van der Waals surface area contributed by atoms with E-state index >= 15 is 0 Å². The van der Waals surface area contributed by atoms with Crippen molar-refractivity contribution in [3.8, 4) is 0 Å². The Kier molecular flexibility index (Phi) is 4.32. The van der Waals surface area contributed by atoms with Gasteiger partial charge in [-0.3, -0.25) is 4.79 Å². The second-order valence-electron chi connectivity index (χ2n) is 5.25. The van der Waals surface area contributed by atoms with Crippen LogP contribution in [0.2, 0.25) is 0 Å². The van der Waals surface area contributed by atoms with Crippen LogP contribution in [0.1, 0.15) is 45.6 Å². The van der Waals surface area contributed by atoms with Crippen LogP contribution in [0, 0.1) is 6.92 Å². The Morgan fingerprint density at radius 1 is 1.62 bits per heavy atom. The van der Waals surface area contributed by atoms with Crippen molar-refractivity contribution in [2.45, 2.75) is 38.3 Å². The number of likely N-dealkylation sites (tertiary alicyclic amines) is 1. The van der Waals surface area contributed by atoms with E-state index in [2.05, 4.69) is 9.59 Å². The third kappa shape index (κ3) is 3.00. The quantitative estimate of drug-likeness (QED) is 0.939. The number of aryl methyl sites for hydroxylation is 1. The second-order valence-corrected chi connectivity index (χ2v) is 6.98. The monoisotopic (exact) mass is 323 g/mol. The van der Waals surface area contributed by atoms with Gasteiger partial charge in [0.25, 0.3) is 5.91 Å². The number of amides is 1. The molecule has 0 radical (unpaired) electrons. The summed E-state index contributed by atoms with van der Waals surface area (Å²) in [6, 6.07) is 3.97. The van der Waals surface area contributed by atoms with Gasteiger partial charge in [-0.15, -0.1) is 16.4 Å². The van der Waals surface area contributed by atoms with E-state index in [1.807, 2.05) is 29.3 Å². The van der Waals surface area contributed by atoms with Crippen molar-refractivity contribution in [3.63, 3.8) is 0 Å². The highest BCUT2D eigenvalue weighted by molar-refractivity contribution is 7.10. The van der Waals surface area contributed by atoms with Gasteiger partial charge >= 0.3 is 0 Å². The van der Waals surface area contributed by atoms with Gasteiger partial charge in [-0.05, 0) is 49.2 Å². The van der Waals surface area contributed by atoms with E-state index in [-0.39, 0.29) is 11.9 Å². The summed E-state index contributed by atoms with van der Waals surface area (Å²) in [7, 11) is 0. The topological polar surface area (TPSA) is 66.3 Å². The zero-order valence-electron chi connectivity index (χ0n) is 11.7. The summed E-state index contributed by atoms with van der Waals surface area (Å²) >= 11 is 2.70. The van der Waals surface area contributed by atoms with Crippen LogP contribution in [-0.4, -0.2) is 38.1 Å². The maximum absolute atomic E-state index is 12.6. The van der Waals surface area contributed by atoms with Crippen molar-refractivity contribution in [3.05, 3.63) is 33.0 Å². The van der Waals surface area contributed by atoms with Crippen molar-refractivity contribution < 1.29 is 9.90 Å². The lowest BCUT2D eigenvalue weighted by molar-refractivity contribution is 0.0674. The Balaban J connectivity index is 1.71. The van der Waals surface area contributed by atoms with Crippen LogP contribution in [0.25, 0.3) is 0 Å². The van der Waals surface area contributed by atoms with E-state index in [9.17, 15) is 9.90 Å². The molecule has 1 fully saturated rings. The summed E-state index contributed by atoms with van der Waals surface area (Å²) < 4.78 is 3.84. The third-order valence-corrected chi connectivity index (χ3v) is 5.64. The number of carbonyl (C=O) groups excluding carboxylic acids is 1. The summed E-state index contributed by atoms with van der Waals surface area (Å²) in [5, 5.41) is 16.2. The first-order valence-electron chi connectivity index (χ1n) is 6.98. The second kappa shape index (κ2) is 6.21. The van der Waals surface area contributed by atoms with E-state index in [1.165, 1.54) is 0 Å². The predicted molar refractivity (Wildman–Crippen MR) is 82.6 cm³/mol. The molecule has 1 aliphatic heterocycles. The van der Waals surface area contributed by atoms with E-state index < -0.39 is 6.10 Å². The highest BCUT2D eigenvalue weighted by Crippen LogP contribution is 2.30. The number of aliphatic hydroxyl groups excluding tert-OH is 1. The fraction of sp³-hybridized carbons (Fsp3) is 0.500. The van der Waals surface area contributed by atoms with E-state index in [0.717, 1.165) is 35.8 Å². The summed E-state index contributed by atoms with van der Waals surface area (Å²) in [6.07, 6.45) is 2.03. The summed E-state index contributed by atoms with van der Waals surface area (Å²) in [6.45, 7) is 2.56. The van der Waals surface area contributed by atoms with Gasteiger partial charge in [0.15, 0.2) is 0 Å². The number of hydrogen-bond donors (Lipinski definition) is 1. The average Bonchev–Trinajstić information content (AvgIpc) is 3.19. The highest BCUT2D eigenvalue weighted by Gasteiger charge is 2.33. The third-order valence-electron chi connectivity index (χ3n) is 3.85. The van der Waals surface area contributed by atoms with Crippen LogP contribution in [0.4, 0.5) is 0 Å². The number of carbonyl (C=O) groups is 1. The average molecular weight is 323 g/mol. The van der Waals surface area contributed by atoms with Gasteiger partial charge in [-0.25, -0.2) is 0 Å². The molecular formula is C14H17N3O2S2. The number of rotatable bonds is 4. The molecule has 5 nitrogen and oxygen atoms in total. The Labute approximate surface area is 131 Å². The smallest absolute Gasteiger partial charge is 0.267 e. The number of nitrogens with zero attached hydrogens (tertiary/aromatic N) is 3. The molecule has 1 amide bonds. The van der Waals surface area contributed by atoms with Crippen LogP contribution >= 0.6 is 22.9 Å². The standard InChI is InChI=1S/C14H17N3O2S2/c1-9-13(21-16-15-9)14(19)17-6-2-4-10(17)8-11(18)12-5-3-7-20-12/h3,5,7,10-11,18H,2,4,6,8H2,1H3. The van der Waals surface area contributed by atoms with Gasteiger partial charge in [0.2, 0.25) is 0 Å². The fourth-order valence-electron chi connectivity index (χ4n) is 2.76. The predicted octanol–water partition coefficient (Wildman–Crippen LogP) is 2.64. The first-order chi connectivity index (χ1) is 10.2. The van der Waals surface area contributed by atoms with Crippen molar-refractivity contribution in [2.24, 2.45) is 0 Å². The van der Waals surface area contributed by atoms with Crippen molar-refractivity contribution in [2.75, 3.05) is 6.54 Å². The number of aromatic nitrogens is 2. The summed E-state index contributed by atoms with van der Waals surface area (Å²) in [5.41, 5.74) is 0.689. The molecule has 0 aromatic carbocycles. The van der Waals surface area contributed by atoms with Gasteiger partial charge in [0.05, 0.1) is 11.8 Å². The van der Waals surface area contributed by atoms with Gasteiger partial charge in [-0.1, -0.05) is 10.6 Å². The van der Waals surface area contributed by atoms with Gasteiger partial charge in [0, 0.05) is 17.5 Å². The number of thiophene rings is 1. The molecule has 2 aromatic heterocycles. The van der Waals surface area contributed by atoms with E-state index in [0.29, 0.717) is 17.0 Å². The number of hydrogen-bond acceptors (Lipinski definition) is 6.